The number of amides is 1. The lowest BCUT2D eigenvalue weighted by Gasteiger charge is -2.11. The van der Waals surface area contributed by atoms with E-state index in [1.165, 1.54) is 0 Å². The molecule has 6 heteroatoms. The van der Waals surface area contributed by atoms with Gasteiger partial charge in [-0.2, -0.15) is 5.10 Å². The van der Waals surface area contributed by atoms with Gasteiger partial charge in [0.1, 0.15) is 5.75 Å². The van der Waals surface area contributed by atoms with Crippen LogP contribution >= 0.6 is 0 Å². The van der Waals surface area contributed by atoms with Gasteiger partial charge in [-0.15, -0.1) is 0 Å². The normalized spacial score (nSPS) is 10.8. The van der Waals surface area contributed by atoms with Gasteiger partial charge in [0.05, 0.1) is 30.1 Å². The van der Waals surface area contributed by atoms with Crippen LogP contribution in [0.2, 0.25) is 0 Å². The fraction of sp³-hybridized carbons (Fsp3) is 0.136. The minimum absolute atomic E-state index is 0.199. The van der Waals surface area contributed by atoms with Gasteiger partial charge in [-0.25, -0.2) is 4.98 Å². The number of ether oxygens (including phenoxy) is 1. The lowest BCUT2D eigenvalue weighted by molar-refractivity contribution is 0.102. The Kier molecular flexibility index (Phi) is 4.53. The molecule has 2 aromatic carbocycles. The number of para-hydroxylation sites is 1. The number of aryl methyl sites for hydroxylation is 1. The Balaban J connectivity index is 1.80. The van der Waals surface area contributed by atoms with E-state index in [4.69, 9.17) is 9.72 Å². The maximum absolute atomic E-state index is 13.1. The number of nitrogens with zero attached hydrogens (tertiary/aromatic N) is 3. The molecule has 4 rings (SSSR count). The summed E-state index contributed by atoms with van der Waals surface area (Å²) >= 11 is 0. The molecule has 140 valence electrons. The highest BCUT2D eigenvalue weighted by Crippen LogP contribution is 2.27. The minimum Gasteiger partial charge on any atom is -0.497 e. The molecule has 0 atom stereocenters. The lowest BCUT2D eigenvalue weighted by atomic mass is 10.0. The summed E-state index contributed by atoms with van der Waals surface area (Å²) in [5.74, 6) is 0.485. The summed E-state index contributed by atoms with van der Waals surface area (Å²) in [4.78, 5) is 17.8. The minimum atomic E-state index is -0.199. The van der Waals surface area contributed by atoms with Crippen LogP contribution in [0.5, 0.6) is 5.75 Å². The molecular formula is C22H20N4O2. The van der Waals surface area contributed by atoms with E-state index >= 15 is 0 Å². The van der Waals surface area contributed by atoms with Crippen LogP contribution in [0.3, 0.4) is 0 Å². The molecule has 28 heavy (non-hydrogen) atoms. The quantitative estimate of drug-likeness (QED) is 0.583. The Morgan fingerprint density at radius 3 is 2.68 bits per heavy atom. The largest absolute Gasteiger partial charge is 0.497 e. The van der Waals surface area contributed by atoms with Crippen molar-refractivity contribution in [2.24, 2.45) is 7.05 Å². The maximum Gasteiger partial charge on any atom is 0.256 e. The predicted molar refractivity (Wildman–Crippen MR) is 110 cm³/mol. The second-order valence-corrected chi connectivity index (χ2v) is 6.53. The molecule has 0 fully saturated rings. The molecule has 1 N–H and O–H groups in total. The van der Waals surface area contributed by atoms with Crippen molar-refractivity contribution in [2.75, 3.05) is 12.4 Å². The second-order valence-electron chi connectivity index (χ2n) is 6.53. The van der Waals surface area contributed by atoms with Crippen molar-refractivity contribution in [1.82, 2.24) is 14.8 Å². The van der Waals surface area contributed by atoms with Crippen LogP contribution in [0.15, 0.2) is 60.8 Å². The first kappa shape index (κ1) is 17.7. The summed E-state index contributed by atoms with van der Waals surface area (Å²) in [5.41, 5.74) is 4.61. The zero-order valence-corrected chi connectivity index (χ0v) is 15.9. The molecule has 0 unspecified atom stereocenters. The van der Waals surface area contributed by atoms with E-state index in [9.17, 15) is 4.79 Å². The van der Waals surface area contributed by atoms with Gasteiger partial charge in [0.15, 0.2) is 0 Å². The fourth-order valence-electron chi connectivity index (χ4n) is 3.15. The molecule has 6 nitrogen and oxygen atoms in total. The van der Waals surface area contributed by atoms with Gasteiger partial charge in [-0.3, -0.25) is 9.48 Å². The Morgan fingerprint density at radius 1 is 1.11 bits per heavy atom. The van der Waals surface area contributed by atoms with Crippen molar-refractivity contribution in [1.29, 1.82) is 0 Å². The van der Waals surface area contributed by atoms with E-state index in [2.05, 4.69) is 10.4 Å². The lowest BCUT2D eigenvalue weighted by Crippen LogP contribution is -2.13. The number of carbonyl (C=O) groups excluding carboxylic acids is 1. The zero-order valence-electron chi connectivity index (χ0n) is 15.9. The Hall–Kier alpha value is -3.67. The third-order valence-electron chi connectivity index (χ3n) is 4.80. The van der Waals surface area contributed by atoms with Crippen LogP contribution in [0.1, 0.15) is 16.1 Å². The third kappa shape index (κ3) is 3.20. The van der Waals surface area contributed by atoms with Gasteiger partial charge in [-0.05, 0) is 31.2 Å². The number of benzene rings is 2. The van der Waals surface area contributed by atoms with E-state index < -0.39 is 0 Å². The second kappa shape index (κ2) is 7.15. The van der Waals surface area contributed by atoms with Crippen molar-refractivity contribution in [3.63, 3.8) is 0 Å². The first-order chi connectivity index (χ1) is 13.6. The number of aromatic nitrogens is 3. The number of hydrogen-bond acceptors (Lipinski definition) is 4. The number of nitrogens with one attached hydrogen (secondary N) is 1. The van der Waals surface area contributed by atoms with Crippen LogP contribution in [0, 0.1) is 6.92 Å². The van der Waals surface area contributed by atoms with E-state index in [0.717, 1.165) is 27.9 Å². The van der Waals surface area contributed by atoms with Crippen molar-refractivity contribution in [2.45, 2.75) is 6.92 Å². The summed E-state index contributed by atoms with van der Waals surface area (Å²) in [6.45, 7) is 1.98. The van der Waals surface area contributed by atoms with Gasteiger partial charge < -0.3 is 10.1 Å². The first-order valence-electron chi connectivity index (χ1n) is 8.91. The number of pyridine rings is 1. The molecule has 1 amide bonds. The molecule has 4 aromatic rings. The number of hydrogen-bond donors (Lipinski definition) is 1. The predicted octanol–water partition coefficient (Wildman–Crippen LogP) is 4.20. The average Bonchev–Trinajstić information content (AvgIpc) is 3.05. The highest BCUT2D eigenvalue weighted by Gasteiger charge is 2.16. The molecule has 0 bridgehead atoms. The van der Waals surface area contributed by atoms with Gasteiger partial charge in [0.2, 0.25) is 0 Å². The molecule has 2 heterocycles. The Morgan fingerprint density at radius 2 is 1.93 bits per heavy atom. The highest BCUT2D eigenvalue weighted by atomic mass is 16.5. The van der Waals surface area contributed by atoms with Crippen LogP contribution in [-0.4, -0.2) is 27.8 Å². The Bertz CT molecular complexity index is 1180. The molecule has 0 aliphatic heterocycles. The molecule has 0 aliphatic carbocycles. The molecule has 0 aliphatic rings. The monoisotopic (exact) mass is 372 g/mol. The van der Waals surface area contributed by atoms with E-state index in [1.54, 1.807) is 24.1 Å². The number of rotatable bonds is 4. The van der Waals surface area contributed by atoms with Crippen LogP contribution in [0.25, 0.3) is 22.2 Å². The number of fused-ring (bicyclic) bond motifs is 1. The molecule has 2 aromatic heterocycles. The zero-order chi connectivity index (χ0) is 19.7. The summed E-state index contributed by atoms with van der Waals surface area (Å²) in [5, 5.41) is 8.05. The molecule has 0 radical (unpaired) electrons. The molecule has 0 saturated carbocycles. The van der Waals surface area contributed by atoms with Gasteiger partial charge in [0.25, 0.3) is 5.91 Å². The number of carbonyl (C=O) groups is 1. The number of anilines is 1. The smallest absolute Gasteiger partial charge is 0.256 e. The van der Waals surface area contributed by atoms with Crippen LogP contribution in [-0.2, 0) is 7.05 Å². The molecular weight excluding hydrogens is 352 g/mol. The standard InChI is InChI=1S/C22H20N4O2/c1-14-19(13-23-26(14)2)21-12-18(17-9-4-5-10-20(17)25-21)22(27)24-15-7-6-8-16(11-15)28-3/h4-13H,1-3H3,(H,24,27). The van der Waals surface area contributed by atoms with Crippen molar-refractivity contribution in [3.05, 3.63) is 72.1 Å². The molecule has 0 saturated heterocycles. The summed E-state index contributed by atoms with van der Waals surface area (Å²) < 4.78 is 7.03. The topological polar surface area (TPSA) is 69.0 Å². The number of methoxy groups -OCH3 is 1. The van der Waals surface area contributed by atoms with Crippen LogP contribution in [0.4, 0.5) is 5.69 Å². The summed E-state index contributed by atoms with van der Waals surface area (Å²) in [7, 11) is 3.48. The maximum atomic E-state index is 13.1. The fourth-order valence-corrected chi connectivity index (χ4v) is 3.15. The van der Waals surface area contributed by atoms with Gasteiger partial charge in [-0.1, -0.05) is 24.3 Å². The van der Waals surface area contributed by atoms with Crippen molar-refractivity contribution >= 4 is 22.5 Å². The molecule has 0 spiro atoms. The summed E-state index contributed by atoms with van der Waals surface area (Å²) in [6.07, 6.45) is 1.77. The van der Waals surface area contributed by atoms with Crippen molar-refractivity contribution in [3.8, 4) is 17.0 Å². The van der Waals surface area contributed by atoms with Crippen molar-refractivity contribution < 1.29 is 9.53 Å². The highest BCUT2D eigenvalue weighted by molar-refractivity contribution is 6.13. The first-order valence-corrected chi connectivity index (χ1v) is 8.91. The van der Waals surface area contributed by atoms with E-state index in [0.29, 0.717) is 17.0 Å². The van der Waals surface area contributed by atoms with E-state index in [-0.39, 0.29) is 5.91 Å². The third-order valence-corrected chi connectivity index (χ3v) is 4.80. The average molecular weight is 372 g/mol. The van der Waals surface area contributed by atoms with Gasteiger partial charge in [0, 0.05) is 35.4 Å². The van der Waals surface area contributed by atoms with E-state index in [1.807, 2.05) is 62.5 Å². The Labute approximate surface area is 162 Å². The van der Waals surface area contributed by atoms with Gasteiger partial charge >= 0.3 is 0 Å². The SMILES string of the molecule is COc1cccc(NC(=O)c2cc(-c3cnn(C)c3C)nc3ccccc23)c1. The van der Waals surface area contributed by atoms with Crippen LogP contribution < -0.4 is 10.1 Å². The summed E-state index contributed by atoms with van der Waals surface area (Å²) in [6, 6.07) is 16.7.